The highest BCUT2D eigenvalue weighted by atomic mass is 35.5. The molecule has 1 saturated heterocycles. The maximum atomic E-state index is 10.7. The Bertz CT molecular complexity index is 625. The van der Waals surface area contributed by atoms with Crippen molar-refractivity contribution in [3.05, 3.63) is 28.3 Å². The Hall–Kier alpha value is -1.86. The number of nitro groups is 1. The standard InChI is InChI=1S/C13H16N4O3.ClH/c18-17(19)10-4-5-12-11(7-10)16-13(20-12)15-8-9-3-1-2-6-14-9;/h4-5,7,9,14H,1-3,6,8H2,(H,15,16);1H. The van der Waals surface area contributed by atoms with Crippen LogP contribution in [0.4, 0.5) is 11.7 Å². The van der Waals surface area contributed by atoms with Crippen LogP contribution in [0.2, 0.25) is 0 Å². The lowest BCUT2D eigenvalue weighted by Crippen LogP contribution is -2.39. The van der Waals surface area contributed by atoms with Crippen LogP contribution in [0.25, 0.3) is 11.1 Å². The first-order chi connectivity index (χ1) is 9.72. The van der Waals surface area contributed by atoms with Crippen molar-refractivity contribution in [2.24, 2.45) is 0 Å². The number of oxazole rings is 1. The largest absolute Gasteiger partial charge is 0.424 e. The molecule has 2 aromatic rings. The van der Waals surface area contributed by atoms with Crippen molar-refractivity contribution in [3.8, 4) is 0 Å². The van der Waals surface area contributed by atoms with Crippen molar-refractivity contribution in [2.75, 3.05) is 18.4 Å². The van der Waals surface area contributed by atoms with E-state index in [1.165, 1.54) is 25.0 Å². The number of hydrogen-bond acceptors (Lipinski definition) is 6. The van der Waals surface area contributed by atoms with E-state index in [9.17, 15) is 10.1 Å². The number of hydrogen-bond donors (Lipinski definition) is 2. The van der Waals surface area contributed by atoms with Crippen LogP contribution in [0.3, 0.4) is 0 Å². The molecule has 1 aromatic carbocycles. The lowest BCUT2D eigenvalue weighted by molar-refractivity contribution is -0.384. The summed E-state index contributed by atoms with van der Waals surface area (Å²) in [6, 6.07) is 5.24. The van der Waals surface area contributed by atoms with Gasteiger partial charge < -0.3 is 15.1 Å². The predicted octanol–water partition coefficient (Wildman–Crippen LogP) is 2.71. The molecular formula is C13H17ClN4O3. The highest BCUT2D eigenvalue weighted by Gasteiger charge is 2.15. The minimum absolute atomic E-state index is 0. The monoisotopic (exact) mass is 312 g/mol. The van der Waals surface area contributed by atoms with Gasteiger partial charge >= 0.3 is 0 Å². The van der Waals surface area contributed by atoms with E-state index in [1.54, 1.807) is 6.07 Å². The summed E-state index contributed by atoms with van der Waals surface area (Å²) in [5.41, 5.74) is 1.07. The summed E-state index contributed by atoms with van der Waals surface area (Å²) in [4.78, 5) is 14.5. The molecule has 21 heavy (non-hydrogen) atoms. The zero-order valence-corrected chi connectivity index (χ0v) is 12.2. The lowest BCUT2D eigenvalue weighted by atomic mass is 10.1. The summed E-state index contributed by atoms with van der Waals surface area (Å²) in [5.74, 6) is 0. The molecule has 1 unspecified atom stereocenters. The maximum Gasteiger partial charge on any atom is 0.295 e. The Labute approximate surface area is 127 Å². The summed E-state index contributed by atoms with van der Waals surface area (Å²) < 4.78 is 5.52. The van der Waals surface area contributed by atoms with Gasteiger partial charge in [0.2, 0.25) is 0 Å². The molecule has 2 heterocycles. The van der Waals surface area contributed by atoms with Crippen LogP contribution in [-0.4, -0.2) is 29.0 Å². The lowest BCUT2D eigenvalue weighted by Gasteiger charge is -2.23. The number of nitrogens with one attached hydrogen (secondary N) is 2. The number of rotatable bonds is 4. The molecule has 3 rings (SSSR count). The Balaban J connectivity index is 0.00000161. The molecule has 8 heteroatoms. The third-order valence-electron chi connectivity index (χ3n) is 3.49. The second-order valence-corrected chi connectivity index (χ2v) is 4.96. The fraction of sp³-hybridized carbons (Fsp3) is 0.462. The second-order valence-electron chi connectivity index (χ2n) is 4.96. The molecule has 0 saturated carbocycles. The molecule has 0 aliphatic carbocycles. The van der Waals surface area contributed by atoms with Gasteiger partial charge in [-0.2, -0.15) is 4.98 Å². The Morgan fingerprint density at radius 3 is 3.05 bits per heavy atom. The van der Waals surface area contributed by atoms with E-state index in [-0.39, 0.29) is 18.1 Å². The minimum atomic E-state index is -0.437. The van der Waals surface area contributed by atoms with Crippen molar-refractivity contribution in [1.82, 2.24) is 10.3 Å². The van der Waals surface area contributed by atoms with Gasteiger partial charge in [-0.1, -0.05) is 6.42 Å². The number of fused-ring (bicyclic) bond motifs is 1. The summed E-state index contributed by atoms with van der Waals surface area (Å²) in [5, 5.41) is 17.3. The zero-order valence-electron chi connectivity index (χ0n) is 11.4. The van der Waals surface area contributed by atoms with Gasteiger partial charge in [0.1, 0.15) is 5.52 Å². The first-order valence-corrected chi connectivity index (χ1v) is 6.74. The van der Waals surface area contributed by atoms with E-state index in [2.05, 4.69) is 15.6 Å². The zero-order chi connectivity index (χ0) is 13.9. The van der Waals surface area contributed by atoms with Gasteiger partial charge in [-0.05, 0) is 25.5 Å². The van der Waals surface area contributed by atoms with E-state index in [0.717, 1.165) is 19.5 Å². The number of anilines is 1. The fourth-order valence-corrected chi connectivity index (χ4v) is 2.41. The minimum Gasteiger partial charge on any atom is -0.424 e. The van der Waals surface area contributed by atoms with Crippen molar-refractivity contribution >= 4 is 35.2 Å². The third-order valence-corrected chi connectivity index (χ3v) is 3.49. The van der Waals surface area contributed by atoms with Gasteiger partial charge in [0, 0.05) is 24.7 Å². The molecule has 1 aliphatic rings. The topological polar surface area (TPSA) is 93.2 Å². The summed E-state index contributed by atoms with van der Waals surface area (Å²) in [7, 11) is 0. The predicted molar refractivity (Wildman–Crippen MR) is 82.0 cm³/mol. The van der Waals surface area contributed by atoms with Crippen molar-refractivity contribution in [3.63, 3.8) is 0 Å². The molecule has 1 aromatic heterocycles. The molecule has 0 spiro atoms. The summed E-state index contributed by atoms with van der Waals surface area (Å²) in [6.07, 6.45) is 3.60. The molecule has 0 amide bonds. The number of nitrogens with zero attached hydrogens (tertiary/aromatic N) is 2. The fourth-order valence-electron chi connectivity index (χ4n) is 2.41. The second kappa shape index (κ2) is 6.73. The van der Waals surface area contributed by atoms with E-state index in [0.29, 0.717) is 23.2 Å². The van der Waals surface area contributed by atoms with Gasteiger partial charge in [-0.25, -0.2) is 0 Å². The van der Waals surface area contributed by atoms with E-state index < -0.39 is 4.92 Å². The summed E-state index contributed by atoms with van der Waals surface area (Å²) in [6.45, 7) is 1.79. The quantitative estimate of drug-likeness (QED) is 0.666. The van der Waals surface area contributed by atoms with E-state index in [4.69, 9.17) is 4.42 Å². The third kappa shape index (κ3) is 3.62. The SMILES string of the molecule is Cl.O=[N+]([O-])c1ccc2oc(NCC3CCCCN3)nc2c1. The van der Waals surface area contributed by atoms with Crippen molar-refractivity contribution in [2.45, 2.75) is 25.3 Å². The molecular weight excluding hydrogens is 296 g/mol. The molecule has 1 aliphatic heterocycles. The maximum absolute atomic E-state index is 10.7. The first kappa shape index (κ1) is 15.5. The number of aromatic nitrogens is 1. The van der Waals surface area contributed by atoms with Gasteiger partial charge in [0.05, 0.1) is 4.92 Å². The van der Waals surface area contributed by atoms with Crippen LogP contribution in [0.1, 0.15) is 19.3 Å². The Morgan fingerprint density at radius 2 is 2.33 bits per heavy atom. The van der Waals surface area contributed by atoms with Crippen LogP contribution in [0.5, 0.6) is 0 Å². The summed E-state index contributed by atoms with van der Waals surface area (Å²) >= 11 is 0. The molecule has 1 fully saturated rings. The molecule has 0 bridgehead atoms. The van der Waals surface area contributed by atoms with Crippen molar-refractivity contribution in [1.29, 1.82) is 0 Å². The highest BCUT2D eigenvalue weighted by molar-refractivity contribution is 5.85. The number of halogens is 1. The van der Waals surface area contributed by atoms with Crippen LogP contribution < -0.4 is 10.6 Å². The van der Waals surface area contributed by atoms with Gasteiger partial charge in [-0.15, -0.1) is 12.4 Å². The number of piperidine rings is 1. The Kier molecular flexibility index (Phi) is 4.98. The van der Waals surface area contributed by atoms with E-state index >= 15 is 0 Å². The number of non-ortho nitro benzene ring substituents is 1. The normalized spacial score (nSPS) is 18.2. The average Bonchev–Trinajstić information content (AvgIpc) is 2.88. The van der Waals surface area contributed by atoms with Gasteiger partial charge in [0.25, 0.3) is 11.7 Å². The number of nitro benzene ring substituents is 1. The highest BCUT2D eigenvalue weighted by Crippen LogP contribution is 2.23. The molecule has 7 nitrogen and oxygen atoms in total. The van der Waals surface area contributed by atoms with Crippen LogP contribution >= 0.6 is 12.4 Å². The number of benzene rings is 1. The Morgan fingerprint density at radius 1 is 1.48 bits per heavy atom. The van der Waals surface area contributed by atoms with Gasteiger partial charge in [0.15, 0.2) is 5.58 Å². The van der Waals surface area contributed by atoms with Crippen molar-refractivity contribution < 1.29 is 9.34 Å². The van der Waals surface area contributed by atoms with Crippen LogP contribution in [0.15, 0.2) is 22.6 Å². The van der Waals surface area contributed by atoms with Crippen LogP contribution in [0, 0.1) is 10.1 Å². The molecule has 1 atom stereocenters. The van der Waals surface area contributed by atoms with E-state index in [1.807, 2.05) is 0 Å². The smallest absolute Gasteiger partial charge is 0.295 e. The molecule has 0 radical (unpaired) electrons. The molecule has 114 valence electrons. The van der Waals surface area contributed by atoms with Gasteiger partial charge in [-0.3, -0.25) is 10.1 Å². The average molecular weight is 313 g/mol. The first-order valence-electron chi connectivity index (χ1n) is 6.74. The van der Waals surface area contributed by atoms with Crippen LogP contribution in [-0.2, 0) is 0 Å². The molecule has 2 N–H and O–H groups in total.